The maximum atomic E-state index is 12.8. The second-order valence-corrected chi connectivity index (χ2v) is 7.80. The summed E-state index contributed by atoms with van der Waals surface area (Å²) in [5, 5.41) is 18.1. The van der Waals surface area contributed by atoms with Gasteiger partial charge >= 0.3 is 12.1 Å². The van der Waals surface area contributed by atoms with E-state index >= 15 is 0 Å². The second-order valence-electron chi connectivity index (χ2n) is 7.80. The van der Waals surface area contributed by atoms with E-state index in [1.807, 2.05) is 48.5 Å². The van der Waals surface area contributed by atoms with Gasteiger partial charge in [0.25, 0.3) is 5.91 Å². The van der Waals surface area contributed by atoms with Crippen molar-refractivity contribution in [2.45, 2.75) is 12.0 Å². The number of carbonyl (C=O) groups is 3. The van der Waals surface area contributed by atoms with Gasteiger partial charge in [0.1, 0.15) is 24.0 Å². The molecule has 10 nitrogen and oxygen atoms in total. The number of methoxy groups -OCH3 is 1. The van der Waals surface area contributed by atoms with Gasteiger partial charge in [0, 0.05) is 20.1 Å². The third-order valence-electron chi connectivity index (χ3n) is 5.70. The lowest BCUT2D eigenvalue weighted by Crippen LogP contribution is -2.47. The minimum Gasteiger partial charge on any atom is -0.477 e. The first kappa shape index (κ1) is 23.0. The van der Waals surface area contributed by atoms with Crippen LogP contribution in [0.3, 0.4) is 0 Å². The number of carboxylic acids is 1. The number of nitrogens with one attached hydrogen (secondary N) is 2. The van der Waals surface area contributed by atoms with E-state index in [0.29, 0.717) is 0 Å². The first-order valence-corrected chi connectivity index (χ1v) is 10.6. The number of alkyl carbamates (subject to hydrolysis) is 1. The number of ether oxygens (including phenoxy) is 2. The number of benzene rings is 2. The van der Waals surface area contributed by atoms with Gasteiger partial charge in [0.05, 0.1) is 12.8 Å². The highest BCUT2D eigenvalue weighted by atomic mass is 16.5. The smallest absolute Gasteiger partial charge is 0.407 e. The summed E-state index contributed by atoms with van der Waals surface area (Å²) in [6.45, 7) is -0.0532. The van der Waals surface area contributed by atoms with Gasteiger partial charge in [-0.3, -0.25) is 9.48 Å². The Bertz CT molecular complexity index is 1190. The van der Waals surface area contributed by atoms with Crippen LogP contribution >= 0.6 is 0 Å². The highest BCUT2D eigenvalue weighted by Crippen LogP contribution is 2.44. The zero-order valence-corrected chi connectivity index (χ0v) is 18.6. The van der Waals surface area contributed by atoms with Crippen molar-refractivity contribution in [3.8, 4) is 11.1 Å². The number of amides is 2. The van der Waals surface area contributed by atoms with Crippen LogP contribution in [0.1, 0.15) is 27.4 Å². The van der Waals surface area contributed by atoms with E-state index in [2.05, 4.69) is 15.7 Å². The van der Waals surface area contributed by atoms with Crippen molar-refractivity contribution in [3.05, 3.63) is 71.4 Å². The molecule has 1 aliphatic carbocycles. The lowest BCUT2D eigenvalue weighted by Gasteiger charge is -2.19. The van der Waals surface area contributed by atoms with Crippen LogP contribution in [-0.4, -0.2) is 59.2 Å². The van der Waals surface area contributed by atoms with Crippen LogP contribution in [-0.2, 0) is 21.3 Å². The molecule has 176 valence electrons. The van der Waals surface area contributed by atoms with Crippen molar-refractivity contribution in [3.63, 3.8) is 0 Å². The Kier molecular flexibility index (Phi) is 6.60. The van der Waals surface area contributed by atoms with Crippen molar-refractivity contribution < 1.29 is 29.0 Å². The summed E-state index contributed by atoms with van der Waals surface area (Å²) >= 11 is 0. The van der Waals surface area contributed by atoms with Crippen LogP contribution < -0.4 is 10.6 Å². The van der Waals surface area contributed by atoms with Gasteiger partial charge in [0.2, 0.25) is 0 Å². The van der Waals surface area contributed by atoms with Crippen molar-refractivity contribution in [1.82, 2.24) is 15.1 Å². The van der Waals surface area contributed by atoms with E-state index in [4.69, 9.17) is 9.47 Å². The molecule has 0 saturated heterocycles. The standard InChI is InChI=1S/C24H24N4O6/c1-28-21(18(11-25-28)23(30)31)27-22(29)20(13-33-2)26-24(32)34-12-19-16-9-5-3-7-14(16)15-8-4-6-10-17(15)19/h3-11,19-20H,12-13H2,1-2H3,(H,26,32)(H,27,29)(H,30,31)/t20-/m0/s1. The predicted octanol–water partition coefficient (Wildman–Crippen LogP) is 2.61. The molecular formula is C24H24N4O6. The summed E-state index contributed by atoms with van der Waals surface area (Å²) in [5.74, 6) is -2.04. The maximum absolute atomic E-state index is 12.8. The number of aryl methyl sites for hydroxylation is 1. The van der Waals surface area contributed by atoms with E-state index in [1.54, 1.807) is 0 Å². The Morgan fingerprint density at radius 1 is 1.09 bits per heavy atom. The fourth-order valence-corrected chi connectivity index (χ4v) is 4.08. The van der Waals surface area contributed by atoms with Gasteiger partial charge in [-0.05, 0) is 22.3 Å². The molecule has 0 unspecified atom stereocenters. The molecule has 1 heterocycles. The number of anilines is 1. The van der Waals surface area contributed by atoms with Gasteiger partial charge in [-0.15, -0.1) is 0 Å². The molecule has 0 bridgehead atoms. The Morgan fingerprint density at radius 2 is 1.71 bits per heavy atom. The van der Waals surface area contributed by atoms with Crippen molar-refractivity contribution in [1.29, 1.82) is 0 Å². The van der Waals surface area contributed by atoms with Crippen molar-refractivity contribution in [2.75, 3.05) is 25.6 Å². The molecule has 0 fully saturated rings. The lowest BCUT2D eigenvalue weighted by atomic mass is 9.98. The molecule has 10 heteroatoms. The molecule has 3 aromatic rings. The Morgan fingerprint density at radius 3 is 2.29 bits per heavy atom. The minimum atomic E-state index is -1.24. The van der Waals surface area contributed by atoms with Gasteiger partial charge in [-0.25, -0.2) is 9.59 Å². The maximum Gasteiger partial charge on any atom is 0.407 e. The zero-order valence-electron chi connectivity index (χ0n) is 18.6. The largest absolute Gasteiger partial charge is 0.477 e. The Hall–Kier alpha value is -4.18. The quantitative estimate of drug-likeness (QED) is 0.467. The number of hydrogen-bond donors (Lipinski definition) is 3. The minimum absolute atomic E-state index is 0.00654. The normalized spacial score (nSPS) is 13.0. The summed E-state index contributed by atoms with van der Waals surface area (Å²) in [4.78, 5) is 36.7. The summed E-state index contributed by atoms with van der Waals surface area (Å²) in [7, 11) is 2.87. The molecule has 4 rings (SSSR count). The number of hydrogen-bond acceptors (Lipinski definition) is 6. The topological polar surface area (TPSA) is 132 Å². The fourth-order valence-electron chi connectivity index (χ4n) is 4.08. The SMILES string of the molecule is COC[C@H](NC(=O)OCC1c2ccccc2-c2ccccc21)C(=O)Nc1c(C(=O)O)cnn1C. The highest BCUT2D eigenvalue weighted by Gasteiger charge is 2.30. The number of carbonyl (C=O) groups excluding carboxylic acids is 2. The third kappa shape index (κ3) is 4.48. The molecule has 34 heavy (non-hydrogen) atoms. The fraction of sp³-hybridized carbons (Fsp3) is 0.250. The number of fused-ring (bicyclic) bond motifs is 3. The summed E-state index contributed by atoms with van der Waals surface area (Å²) in [6, 6.07) is 14.8. The molecule has 0 saturated carbocycles. The molecule has 0 spiro atoms. The molecule has 1 atom stereocenters. The van der Waals surface area contributed by atoms with Gasteiger partial charge < -0.3 is 25.2 Å². The molecule has 0 radical (unpaired) electrons. The molecule has 0 aliphatic heterocycles. The van der Waals surface area contributed by atoms with E-state index in [1.165, 1.54) is 18.8 Å². The second kappa shape index (κ2) is 9.75. The van der Waals surface area contributed by atoms with Crippen LogP contribution in [0.15, 0.2) is 54.7 Å². The first-order valence-electron chi connectivity index (χ1n) is 10.6. The van der Waals surface area contributed by atoms with Gasteiger partial charge in [-0.2, -0.15) is 5.10 Å². The molecular weight excluding hydrogens is 440 g/mol. The molecule has 1 aliphatic rings. The number of rotatable bonds is 8. The number of carboxylic acid groups (broad SMARTS) is 1. The number of aromatic carboxylic acids is 1. The van der Waals surface area contributed by atoms with Gasteiger partial charge in [0.15, 0.2) is 0 Å². The van der Waals surface area contributed by atoms with Crippen molar-refractivity contribution in [2.24, 2.45) is 7.05 Å². The van der Waals surface area contributed by atoms with Crippen LogP contribution in [0.2, 0.25) is 0 Å². The van der Waals surface area contributed by atoms with E-state index in [-0.39, 0.29) is 30.5 Å². The van der Waals surface area contributed by atoms with Crippen LogP contribution in [0.25, 0.3) is 11.1 Å². The van der Waals surface area contributed by atoms with Gasteiger partial charge in [-0.1, -0.05) is 48.5 Å². The number of nitrogens with zero attached hydrogens (tertiary/aromatic N) is 2. The first-order chi connectivity index (χ1) is 16.4. The molecule has 2 amide bonds. The van der Waals surface area contributed by atoms with E-state index in [9.17, 15) is 19.5 Å². The average molecular weight is 464 g/mol. The molecule has 1 aromatic heterocycles. The Labute approximate surface area is 195 Å². The summed E-state index contributed by atoms with van der Waals surface area (Å²) in [6.07, 6.45) is 0.338. The van der Waals surface area contributed by atoms with E-state index < -0.39 is 24.0 Å². The monoisotopic (exact) mass is 464 g/mol. The van der Waals surface area contributed by atoms with Crippen LogP contribution in [0.4, 0.5) is 10.6 Å². The van der Waals surface area contributed by atoms with Crippen LogP contribution in [0, 0.1) is 0 Å². The van der Waals surface area contributed by atoms with Crippen molar-refractivity contribution >= 4 is 23.8 Å². The third-order valence-corrected chi connectivity index (χ3v) is 5.70. The lowest BCUT2D eigenvalue weighted by molar-refractivity contribution is -0.119. The average Bonchev–Trinajstić information content (AvgIpc) is 3.35. The Balaban J connectivity index is 1.43. The molecule has 2 aromatic carbocycles. The summed E-state index contributed by atoms with van der Waals surface area (Å²) in [5.41, 5.74) is 4.18. The number of aromatic nitrogens is 2. The zero-order chi connectivity index (χ0) is 24.2. The highest BCUT2D eigenvalue weighted by molar-refractivity contribution is 6.01. The molecule has 3 N–H and O–H groups in total. The van der Waals surface area contributed by atoms with E-state index in [0.717, 1.165) is 28.5 Å². The predicted molar refractivity (Wildman–Crippen MR) is 123 cm³/mol. The van der Waals surface area contributed by atoms with Crippen LogP contribution in [0.5, 0.6) is 0 Å². The summed E-state index contributed by atoms with van der Waals surface area (Å²) < 4.78 is 11.8.